The van der Waals surface area contributed by atoms with Gasteiger partial charge in [0.2, 0.25) is 0 Å². The standard InChI is InChI=1S/C26H36BFN2O4/c1-16-12-17(2)14-19(13-16)23(32)30(24(3,4)5)29-22(31)18-10-11-20(21(28)15-18)27-33-25(6,7)26(8,9)34-27/h10-11,13-16H,12H2,1-9H3,(H,29,31). The first-order chi connectivity index (χ1) is 15.5. The average Bonchev–Trinajstić information content (AvgIpc) is 2.90. The number of carbonyl (C=O) groups excluding carboxylic acids is 2. The van der Waals surface area contributed by atoms with Gasteiger partial charge in [-0.1, -0.05) is 30.7 Å². The molecule has 0 bridgehead atoms. The van der Waals surface area contributed by atoms with E-state index < -0.39 is 35.6 Å². The molecule has 184 valence electrons. The molecular formula is C26H36BFN2O4. The van der Waals surface area contributed by atoms with Crippen LogP contribution >= 0.6 is 0 Å². The maximum absolute atomic E-state index is 15.0. The number of amides is 2. The number of hydrazine groups is 1. The highest BCUT2D eigenvalue weighted by Gasteiger charge is 2.52. The van der Waals surface area contributed by atoms with Crippen LogP contribution in [0.2, 0.25) is 0 Å². The number of benzene rings is 1. The molecule has 1 atom stereocenters. The molecule has 6 nitrogen and oxygen atoms in total. The number of halogens is 1. The third-order valence-electron chi connectivity index (χ3n) is 6.61. The summed E-state index contributed by atoms with van der Waals surface area (Å²) in [5, 5.41) is 1.31. The fourth-order valence-electron chi connectivity index (χ4n) is 4.03. The van der Waals surface area contributed by atoms with Crippen LogP contribution in [0.5, 0.6) is 0 Å². The Balaban J connectivity index is 1.82. The molecule has 0 aromatic heterocycles. The van der Waals surface area contributed by atoms with E-state index in [0.29, 0.717) is 5.57 Å². The average molecular weight is 470 g/mol. The van der Waals surface area contributed by atoms with Gasteiger partial charge in [-0.05, 0) is 79.9 Å². The number of nitrogens with zero attached hydrogens (tertiary/aromatic N) is 1. The molecule has 1 aromatic rings. The van der Waals surface area contributed by atoms with Gasteiger partial charge in [0.15, 0.2) is 0 Å². The van der Waals surface area contributed by atoms with Crippen molar-refractivity contribution in [2.45, 2.75) is 85.5 Å². The zero-order valence-corrected chi connectivity index (χ0v) is 21.7. The monoisotopic (exact) mass is 470 g/mol. The molecule has 0 saturated carbocycles. The van der Waals surface area contributed by atoms with Crippen LogP contribution in [-0.2, 0) is 14.1 Å². The zero-order chi connectivity index (χ0) is 25.6. The van der Waals surface area contributed by atoms with Crippen molar-refractivity contribution in [3.63, 3.8) is 0 Å². The van der Waals surface area contributed by atoms with Crippen molar-refractivity contribution in [1.82, 2.24) is 10.4 Å². The fraction of sp³-hybridized carbons (Fsp3) is 0.538. The van der Waals surface area contributed by atoms with Crippen LogP contribution in [0.15, 0.2) is 41.5 Å². The van der Waals surface area contributed by atoms with Crippen LogP contribution in [-0.4, -0.2) is 40.7 Å². The topological polar surface area (TPSA) is 67.9 Å². The summed E-state index contributed by atoms with van der Waals surface area (Å²) in [7, 11) is -0.870. The second-order valence-corrected chi connectivity index (χ2v) is 11.4. The Bertz CT molecular complexity index is 1040. The van der Waals surface area contributed by atoms with Crippen LogP contribution in [0.3, 0.4) is 0 Å². The van der Waals surface area contributed by atoms with E-state index in [0.717, 1.165) is 18.1 Å². The van der Waals surface area contributed by atoms with Crippen LogP contribution in [0.1, 0.15) is 79.1 Å². The van der Waals surface area contributed by atoms with Crippen molar-refractivity contribution in [3.8, 4) is 0 Å². The van der Waals surface area contributed by atoms with E-state index in [1.165, 1.54) is 17.1 Å². The minimum Gasteiger partial charge on any atom is -0.399 e. The highest BCUT2D eigenvalue weighted by Crippen LogP contribution is 2.36. The highest BCUT2D eigenvalue weighted by atomic mass is 19.1. The Morgan fingerprint density at radius 2 is 1.74 bits per heavy atom. The third-order valence-corrected chi connectivity index (χ3v) is 6.61. The second kappa shape index (κ2) is 8.97. The molecule has 1 unspecified atom stereocenters. The molecule has 3 rings (SSSR count). The Labute approximate surface area is 202 Å². The molecule has 1 fully saturated rings. The highest BCUT2D eigenvalue weighted by molar-refractivity contribution is 6.62. The summed E-state index contributed by atoms with van der Waals surface area (Å²) < 4.78 is 26.9. The normalized spacial score (nSPS) is 21.6. The summed E-state index contributed by atoms with van der Waals surface area (Å²) in [6.45, 7) is 17.1. The third kappa shape index (κ3) is 5.28. The van der Waals surface area contributed by atoms with Crippen LogP contribution < -0.4 is 10.9 Å². The number of hydrogen-bond donors (Lipinski definition) is 1. The van der Waals surface area contributed by atoms with Gasteiger partial charge in [-0.15, -0.1) is 0 Å². The molecule has 2 amide bonds. The lowest BCUT2D eigenvalue weighted by Gasteiger charge is -2.36. The first kappa shape index (κ1) is 26.2. The van der Waals surface area contributed by atoms with Crippen LogP contribution in [0.4, 0.5) is 4.39 Å². The number of rotatable bonds is 3. The summed E-state index contributed by atoms with van der Waals surface area (Å²) in [5.41, 5.74) is 2.74. The molecule has 34 heavy (non-hydrogen) atoms. The van der Waals surface area contributed by atoms with Crippen LogP contribution in [0.25, 0.3) is 0 Å². The lowest BCUT2D eigenvalue weighted by atomic mass is 9.78. The molecular weight excluding hydrogens is 434 g/mol. The van der Waals surface area contributed by atoms with Crippen molar-refractivity contribution in [2.24, 2.45) is 5.92 Å². The fourth-order valence-corrected chi connectivity index (χ4v) is 4.03. The summed E-state index contributed by atoms with van der Waals surface area (Å²) in [6, 6.07) is 4.15. The Hall–Kier alpha value is -2.45. The molecule has 2 aliphatic rings. The predicted octanol–water partition coefficient (Wildman–Crippen LogP) is 4.31. The van der Waals surface area contributed by atoms with Gasteiger partial charge in [-0.25, -0.2) is 9.40 Å². The van der Waals surface area contributed by atoms with E-state index in [2.05, 4.69) is 5.43 Å². The summed E-state index contributed by atoms with van der Waals surface area (Å²) in [6.07, 6.45) is 4.67. The zero-order valence-electron chi connectivity index (χ0n) is 21.7. The Kier molecular flexibility index (Phi) is 6.90. The number of hydrogen-bond acceptors (Lipinski definition) is 4. The molecule has 1 saturated heterocycles. The summed E-state index contributed by atoms with van der Waals surface area (Å²) >= 11 is 0. The van der Waals surface area contributed by atoms with E-state index in [1.807, 2.05) is 74.5 Å². The van der Waals surface area contributed by atoms with E-state index in [1.54, 1.807) is 0 Å². The molecule has 1 aliphatic heterocycles. The van der Waals surface area contributed by atoms with Crippen LogP contribution in [0, 0.1) is 11.7 Å². The maximum Gasteiger partial charge on any atom is 0.497 e. The van der Waals surface area contributed by atoms with E-state index in [9.17, 15) is 9.59 Å². The minimum absolute atomic E-state index is 0.0949. The SMILES string of the molecule is CC1=CC(C(=O)N(NC(=O)c2ccc(B3OC(C)(C)C(C)(C)O3)c(F)c2)C(C)(C)C)=CC(C)C1. The summed E-state index contributed by atoms with van der Waals surface area (Å²) in [4.78, 5) is 26.4. The molecule has 1 N–H and O–H groups in total. The number of allylic oxidation sites excluding steroid dienone is 2. The molecule has 1 heterocycles. The molecule has 1 aliphatic carbocycles. The molecule has 0 spiro atoms. The minimum atomic E-state index is -0.870. The van der Waals surface area contributed by atoms with E-state index in [-0.39, 0.29) is 22.9 Å². The van der Waals surface area contributed by atoms with E-state index in [4.69, 9.17) is 9.31 Å². The first-order valence-corrected chi connectivity index (χ1v) is 11.7. The number of nitrogens with one attached hydrogen (secondary N) is 1. The largest absolute Gasteiger partial charge is 0.497 e. The Morgan fingerprint density at radius 3 is 2.24 bits per heavy atom. The van der Waals surface area contributed by atoms with Crippen molar-refractivity contribution in [1.29, 1.82) is 0 Å². The van der Waals surface area contributed by atoms with E-state index >= 15 is 4.39 Å². The van der Waals surface area contributed by atoms with Gasteiger partial charge < -0.3 is 9.31 Å². The van der Waals surface area contributed by atoms with Gasteiger partial charge in [0.05, 0.1) is 16.7 Å². The Morgan fingerprint density at radius 1 is 1.15 bits per heavy atom. The molecule has 1 aromatic carbocycles. The molecule has 0 radical (unpaired) electrons. The smallest absolute Gasteiger partial charge is 0.399 e. The van der Waals surface area contributed by atoms with Crippen molar-refractivity contribution < 1.29 is 23.3 Å². The number of carbonyl (C=O) groups is 2. The summed E-state index contributed by atoms with van der Waals surface area (Å²) in [5.74, 6) is -1.26. The predicted molar refractivity (Wildman–Crippen MR) is 132 cm³/mol. The van der Waals surface area contributed by atoms with Gasteiger partial charge in [0.25, 0.3) is 11.8 Å². The maximum atomic E-state index is 15.0. The quantitative estimate of drug-likeness (QED) is 0.528. The van der Waals surface area contributed by atoms with Crippen molar-refractivity contribution in [2.75, 3.05) is 0 Å². The lowest BCUT2D eigenvalue weighted by Crippen LogP contribution is -2.56. The van der Waals surface area contributed by atoms with Crippen molar-refractivity contribution in [3.05, 3.63) is 52.9 Å². The molecule has 8 heteroatoms. The van der Waals surface area contributed by atoms with Gasteiger partial charge in [0.1, 0.15) is 5.82 Å². The van der Waals surface area contributed by atoms with Crippen molar-refractivity contribution >= 4 is 24.4 Å². The van der Waals surface area contributed by atoms with Gasteiger partial charge in [0, 0.05) is 16.6 Å². The lowest BCUT2D eigenvalue weighted by molar-refractivity contribution is -0.134. The van der Waals surface area contributed by atoms with Gasteiger partial charge in [-0.3, -0.25) is 15.0 Å². The first-order valence-electron chi connectivity index (χ1n) is 11.7. The van der Waals surface area contributed by atoms with Gasteiger partial charge in [-0.2, -0.15) is 0 Å². The second-order valence-electron chi connectivity index (χ2n) is 11.4. The van der Waals surface area contributed by atoms with Gasteiger partial charge >= 0.3 is 7.12 Å².